The molecular weight excluding hydrogens is 310 g/mol. The molecule has 128 valence electrons. The normalized spacial score (nSPS) is 17.3. The van der Waals surface area contributed by atoms with Crippen LogP contribution in [-0.4, -0.2) is 18.4 Å². The van der Waals surface area contributed by atoms with Gasteiger partial charge in [0.2, 0.25) is 5.96 Å². The SMILES string of the molecule is CCCCCN=C1N/C(=C\c2ccccc2)C(=O)N1c1ccccc1. The van der Waals surface area contributed by atoms with Gasteiger partial charge in [-0.1, -0.05) is 68.3 Å². The quantitative estimate of drug-likeness (QED) is 0.636. The number of para-hydroxylation sites is 1. The summed E-state index contributed by atoms with van der Waals surface area (Å²) in [6.45, 7) is 2.88. The molecular formula is C21H23N3O. The predicted octanol–water partition coefficient (Wildman–Crippen LogP) is 4.21. The number of carbonyl (C=O) groups excluding carboxylic acids is 1. The summed E-state index contributed by atoms with van der Waals surface area (Å²) < 4.78 is 0. The highest BCUT2D eigenvalue weighted by atomic mass is 16.2. The van der Waals surface area contributed by atoms with Crippen LogP contribution in [-0.2, 0) is 4.79 Å². The molecule has 1 N–H and O–H groups in total. The molecule has 1 heterocycles. The minimum atomic E-state index is -0.0794. The van der Waals surface area contributed by atoms with Crippen LogP contribution in [0.3, 0.4) is 0 Å². The number of amides is 1. The topological polar surface area (TPSA) is 44.7 Å². The van der Waals surface area contributed by atoms with Gasteiger partial charge in [-0.2, -0.15) is 0 Å². The smallest absolute Gasteiger partial charge is 0.281 e. The maximum atomic E-state index is 12.9. The fourth-order valence-corrected chi connectivity index (χ4v) is 2.73. The van der Waals surface area contributed by atoms with E-state index in [0.717, 1.165) is 30.5 Å². The predicted molar refractivity (Wildman–Crippen MR) is 103 cm³/mol. The fraction of sp³-hybridized carbons (Fsp3) is 0.238. The van der Waals surface area contributed by atoms with Gasteiger partial charge in [0.05, 0.1) is 5.69 Å². The summed E-state index contributed by atoms with van der Waals surface area (Å²) in [6.07, 6.45) is 5.19. The number of benzene rings is 2. The van der Waals surface area contributed by atoms with Gasteiger partial charge in [0.15, 0.2) is 0 Å². The molecule has 1 aliphatic rings. The number of hydrogen-bond acceptors (Lipinski definition) is 2. The monoisotopic (exact) mass is 333 g/mol. The van der Waals surface area contributed by atoms with Crippen molar-refractivity contribution >= 4 is 23.6 Å². The Hall–Kier alpha value is -2.88. The molecule has 0 unspecified atom stereocenters. The Morgan fingerprint density at radius 2 is 1.68 bits per heavy atom. The number of hydrogen-bond donors (Lipinski definition) is 1. The fourth-order valence-electron chi connectivity index (χ4n) is 2.73. The van der Waals surface area contributed by atoms with Gasteiger partial charge >= 0.3 is 0 Å². The van der Waals surface area contributed by atoms with Crippen LogP contribution in [0.25, 0.3) is 6.08 Å². The molecule has 0 aromatic heterocycles. The van der Waals surface area contributed by atoms with Crippen molar-refractivity contribution < 1.29 is 4.79 Å². The lowest BCUT2D eigenvalue weighted by Gasteiger charge is -2.15. The van der Waals surface area contributed by atoms with Crippen molar-refractivity contribution in [2.24, 2.45) is 4.99 Å². The van der Waals surface area contributed by atoms with Crippen LogP contribution in [0.4, 0.5) is 5.69 Å². The largest absolute Gasteiger partial charge is 0.321 e. The second-order valence-electron chi connectivity index (χ2n) is 5.98. The lowest BCUT2D eigenvalue weighted by atomic mass is 10.2. The molecule has 1 aliphatic heterocycles. The molecule has 4 heteroatoms. The summed E-state index contributed by atoms with van der Waals surface area (Å²) >= 11 is 0. The first-order chi connectivity index (χ1) is 12.3. The van der Waals surface area contributed by atoms with Crippen LogP contribution in [0.2, 0.25) is 0 Å². The lowest BCUT2D eigenvalue weighted by Crippen LogP contribution is -2.32. The summed E-state index contributed by atoms with van der Waals surface area (Å²) in [4.78, 5) is 19.2. The molecule has 0 radical (unpaired) electrons. The first kappa shape index (κ1) is 17.0. The Kier molecular flexibility index (Phi) is 5.62. The van der Waals surface area contributed by atoms with Crippen molar-refractivity contribution in [3.63, 3.8) is 0 Å². The minimum Gasteiger partial charge on any atom is -0.321 e. The molecule has 0 aliphatic carbocycles. The standard InChI is InChI=1S/C21H23N3O/c1-2-3-10-15-22-21-23-19(16-17-11-6-4-7-12-17)20(25)24(21)18-13-8-5-9-14-18/h4-9,11-14,16H,2-3,10,15H2,1H3,(H,22,23)/b19-16-. The van der Waals surface area contributed by atoms with E-state index in [1.807, 2.05) is 66.7 Å². The van der Waals surface area contributed by atoms with Crippen LogP contribution in [0.1, 0.15) is 31.7 Å². The van der Waals surface area contributed by atoms with Gasteiger partial charge < -0.3 is 5.32 Å². The zero-order valence-corrected chi connectivity index (χ0v) is 14.5. The van der Waals surface area contributed by atoms with Gasteiger partial charge in [-0.3, -0.25) is 9.79 Å². The van der Waals surface area contributed by atoms with Crippen molar-refractivity contribution in [2.45, 2.75) is 26.2 Å². The molecule has 4 nitrogen and oxygen atoms in total. The summed E-state index contributed by atoms with van der Waals surface area (Å²) in [7, 11) is 0. The lowest BCUT2D eigenvalue weighted by molar-refractivity contribution is -0.113. The zero-order chi connectivity index (χ0) is 17.5. The van der Waals surface area contributed by atoms with Crippen LogP contribution >= 0.6 is 0 Å². The molecule has 2 aromatic rings. The van der Waals surface area contributed by atoms with E-state index in [1.54, 1.807) is 4.90 Å². The highest BCUT2D eigenvalue weighted by Crippen LogP contribution is 2.22. The second kappa shape index (κ2) is 8.29. The van der Waals surface area contributed by atoms with Gasteiger partial charge in [0.1, 0.15) is 5.70 Å². The molecule has 3 rings (SSSR count). The van der Waals surface area contributed by atoms with Crippen molar-refractivity contribution in [1.82, 2.24) is 5.32 Å². The number of rotatable bonds is 6. The van der Waals surface area contributed by atoms with Crippen LogP contribution < -0.4 is 10.2 Å². The van der Waals surface area contributed by atoms with Gasteiger partial charge in [-0.25, -0.2) is 4.90 Å². The van der Waals surface area contributed by atoms with Crippen LogP contribution in [0, 0.1) is 0 Å². The Morgan fingerprint density at radius 3 is 2.36 bits per heavy atom. The molecule has 0 bridgehead atoms. The van der Waals surface area contributed by atoms with E-state index in [4.69, 9.17) is 0 Å². The molecule has 1 fully saturated rings. The number of unbranched alkanes of at least 4 members (excludes halogenated alkanes) is 2. The number of guanidine groups is 1. The average Bonchev–Trinajstić information content (AvgIpc) is 2.96. The average molecular weight is 333 g/mol. The number of anilines is 1. The molecule has 1 saturated heterocycles. The first-order valence-corrected chi connectivity index (χ1v) is 8.77. The van der Waals surface area contributed by atoms with E-state index < -0.39 is 0 Å². The summed E-state index contributed by atoms with van der Waals surface area (Å²) in [5, 5.41) is 3.20. The van der Waals surface area contributed by atoms with E-state index in [-0.39, 0.29) is 5.91 Å². The first-order valence-electron chi connectivity index (χ1n) is 8.77. The van der Waals surface area contributed by atoms with Gasteiger partial charge in [0, 0.05) is 6.54 Å². The van der Waals surface area contributed by atoms with Gasteiger partial charge in [-0.05, 0) is 30.2 Å². The van der Waals surface area contributed by atoms with E-state index in [2.05, 4.69) is 17.2 Å². The highest BCUT2D eigenvalue weighted by molar-refractivity contribution is 6.29. The maximum absolute atomic E-state index is 12.9. The highest BCUT2D eigenvalue weighted by Gasteiger charge is 2.32. The zero-order valence-electron chi connectivity index (χ0n) is 14.5. The van der Waals surface area contributed by atoms with Crippen LogP contribution in [0.5, 0.6) is 0 Å². The van der Waals surface area contributed by atoms with Crippen molar-refractivity contribution in [3.8, 4) is 0 Å². The van der Waals surface area contributed by atoms with E-state index in [1.165, 1.54) is 0 Å². The summed E-state index contributed by atoms with van der Waals surface area (Å²) in [5.41, 5.74) is 2.36. The maximum Gasteiger partial charge on any atom is 0.281 e. The van der Waals surface area contributed by atoms with Gasteiger partial charge in [-0.15, -0.1) is 0 Å². The van der Waals surface area contributed by atoms with Crippen LogP contribution in [0.15, 0.2) is 71.4 Å². The minimum absolute atomic E-state index is 0.0794. The van der Waals surface area contributed by atoms with Crippen molar-refractivity contribution in [3.05, 3.63) is 71.9 Å². The van der Waals surface area contributed by atoms with E-state index in [9.17, 15) is 4.79 Å². The molecule has 2 aromatic carbocycles. The van der Waals surface area contributed by atoms with E-state index >= 15 is 0 Å². The van der Waals surface area contributed by atoms with Crippen molar-refractivity contribution in [1.29, 1.82) is 0 Å². The Morgan fingerprint density at radius 1 is 1.00 bits per heavy atom. The Balaban J connectivity index is 1.89. The number of carbonyl (C=O) groups is 1. The third kappa shape index (κ3) is 4.15. The van der Waals surface area contributed by atoms with Gasteiger partial charge in [0.25, 0.3) is 5.91 Å². The number of nitrogens with one attached hydrogen (secondary N) is 1. The third-order valence-electron chi connectivity index (χ3n) is 4.04. The van der Waals surface area contributed by atoms with Crippen molar-refractivity contribution in [2.75, 3.05) is 11.4 Å². The third-order valence-corrected chi connectivity index (χ3v) is 4.04. The summed E-state index contributed by atoms with van der Waals surface area (Å²) in [5.74, 6) is 0.527. The molecule has 0 spiro atoms. The second-order valence-corrected chi connectivity index (χ2v) is 5.98. The molecule has 0 saturated carbocycles. The number of nitrogens with zero attached hydrogens (tertiary/aromatic N) is 2. The Labute approximate surface area is 148 Å². The Bertz CT molecular complexity index is 766. The molecule has 0 atom stereocenters. The molecule has 25 heavy (non-hydrogen) atoms. The number of aliphatic imine (C=N–C) groups is 1. The summed E-state index contributed by atoms with van der Waals surface area (Å²) in [6, 6.07) is 19.5. The molecule has 1 amide bonds. The van der Waals surface area contributed by atoms with E-state index in [0.29, 0.717) is 18.2 Å².